The minimum atomic E-state index is -0.246. The molecule has 1 aromatic carbocycles. The molecular formula is C16H15N3O2. The van der Waals surface area contributed by atoms with Crippen LogP contribution in [0.2, 0.25) is 0 Å². The zero-order valence-corrected chi connectivity index (χ0v) is 11.3. The molecule has 2 rings (SSSR count). The van der Waals surface area contributed by atoms with Gasteiger partial charge < -0.3 is 16.0 Å². The molecule has 0 saturated heterocycles. The fourth-order valence-electron chi connectivity index (χ4n) is 1.75. The number of H-pyrrole nitrogens is 1. The van der Waals surface area contributed by atoms with Crippen LogP contribution in [-0.2, 0) is 6.54 Å². The van der Waals surface area contributed by atoms with Crippen molar-refractivity contribution in [3.05, 3.63) is 69.6 Å². The topological polar surface area (TPSA) is 88.0 Å². The minimum Gasteiger partial charge on any atom is -0.348 e. The van der Waals surface area contributed by atoms with Crippen molar-refractivity contribution in [2.24, 2.45) is 5.73 Å². The van der Waals surface area contributed by atoms with Crippen molar-refractivity contribution in [1.29, 1.82) is 0 Å². The summed E-state index contributed by atoms with van der Waals surface area (Å²) in [6, 6.07) is 10.4. The van der Waals surface area contributed by atoms with E-state index < -0.39 is 0 Å². The first kappa shape index (κ1) is 14.6. The van der Waals surface area contributed by atoms with Crippen LogP contribution in [-0.4, -0.2) is 17.4 Å². The second-order valence-corrected chi connectivity index (χ2v) is 4.33. The summed E-state index contributed by atoms with van der Waals surface area (Å²) >= 11 is 0. The van der Waals surface area contributed by atoms with E-state index in [4.69, 9.17) is 5.73 Å². The van der Waals surface area contributed by atoms with Gasteiger partial charge in [-0.2, -0.15) is 0 Å². The zero-order chi connectivity index (χ0) is 15.1. The summed E-state index contributed by atoms with van der Waals surface area (Å²) < 4.78 is 0. The summed E-state index contributed by atoms with van der Waals surface area (Å²) in [5.41, 5.74) is 7.30. The molecule has 4 N–H and O–H groups in total. The van der Waals surface area contributed by atoms with Gasteiger partial charge in [-0.3, -0.25) is 9.59 Å². The molecule has 0 spiro atoms. The number of nitrogens with two attached hydrogens (primary N) is 1. The summed E-state index contributed by atoms with van der Waals surface area (Å²) in [7, 11) is 0. The van der Waals surface area contributed by atoms with E-state index in [1.165, 1.54) is 18.3 Å². The van der Waals surface area contributed by atoms with Crippen LogP contribution in [0, 0.1) is 11.8 Å². The lowest BCUT2D eigenvalue weighted by Gasteiger charge is -2.05. The molecule has 0 unspecified atom stereocenters. The summed E-state index contributed by atoms with van der Waals surface area (Å²) in [6.07, 6.45) is 1.39. The van der Waals surface area contributed by atoms with E-state index in [0.29, 0.717) is 18.7 Å². The zero-order valence-electron chi connectivity index (χ0n) is 11.3. The number of hydrogen-bond acceptors (Lipinski definition) is 3. The molecule has 21 heavy (non-hydrogen) atoms. The van der Waals surface area contributed by atoms with Crippen LogP contribution in [0.15, 0.2) is 47.4 Å². The molecule has 0 saturated carbocycles. The number of aromatic nitrogens is 1. The fourth-order valence-corrected chi connectivity index (χ4v) is 1.75. The number of carbonyl (C=O) groups excluding carboxylic acids is 1. The van der Waals surface area contributed by atoms with Crippen LogP contribution in [0.5, 0.6) is 0 Å². The quantitative estimate of drug-likeness (QED) is 0.720. The predicted octanol–water partition coefficient (Wildman–Crippen LogP) is 0.615. The van der Waals surface area contributed by atoms with E-state index in [2.05, 4.69) is 22.1 Å². The molecule has 5 nitrogen and oxygen atoms in total. The van der Waals surface area contributed by atoms with Crippen molar-refractivity contribution in [3.8, 4) is 11.8 Å². The molecule has 0 fully saturated rings. The number of carbonyl (C=O) groups is 1. The van der Waals surface area contributed by atoms with Crippen LogP contribution in [0.25, 0.3) is 0 Å². The number of aromatic amines is 1. The van der Waals surface area contributed by atoms with Crippen LogP contribution < -0.4 is 16.6 Å². The molecule has 0 aliphatic carbocycles. The first-order chi connectivity index (χ1) is 10.2. The monoisotopic (exact) mass is 281 g/mol. The van der Waals surface area contributed by atoms with E-state index in [-0.39, 0.29) is 11.5 Å². The van der Waals surface area contributed by atoms with Crippen molar-refractivity contribution in [3.63, 3.8) is 0 Å². The van der Waals surface area contributed by atoms with Gasteiger partial charge in [0.25, 0.3) is 5.91 Å². The van der Waals surface area contributed by atoms with Crippen molar-refractivity contribution < 1.29 is 4.79 Å². The number of nitrogens with one attached hydrogen (secondary N) is 2. The predicted molar refractivity (Wildman–Crippen MR) is 80.6 cm³/mol. The third-order valence-corrected chi connectivity index (χ3v) is 2.76. The molecular weight excluding hydrogens is 266 g/mol. The van der Waals surface area contributed by atoms with Crippen molar-refractivity contribution >= 4 is 5.91 Å². The van der Waals surface area contributed by atoms with Crippen LogP contribution >= 0.6 is 0 Å². The summed E-state index contributed by atoms with van der Waals surface area (Å²) in [5.74, 6) is 5.48. The Morgan fingerprint density at radius 3 is 2.86 bits per heavy atom. The Hall–Kier alpha value is -2.84. The molecule has 1 aromatic heterocycles. The standard InChI is InChI=1S/C16H15N3O2/c17-8-2-5-12-3-1-4-13(9-12)10-19-16(21)14-6-7-15(20)18-11-14/h1,3-4,6-7,9,11H,8,10,17H2,(H,18,20)(H,19,21). The minimum absolute atomic E-state index is 0.238. The van der Waals surface area contributed by atoms with Gasteiger partial charge in [0.15, 0.2) is 0 Å². The first-order valence-corrected chi connectivity index (χ1v) is 6.44. The number of pyridine rings is 1. The van der Waals surface area contributed by atoms with Gasteiger partial charge in [-0.25, -0.2) is 0 Å². The van der Waals surface area contributed by atoms with Gasteiger partial charge >= 0.3 is 0 Å². The van der Waals surface area contributed by atoms with Gasteiger partial charge in [-0.1, -0.05) is 24.0 Å². The Kier molecular flexibility index (Phi) is 4.91. The highest BCUT2D eigenvalue weighted by Gasteiger charge is 2.04. The highest BCUT2D eigenvalue weighted by molar-refractivity contribution is 5.93. The van der Waals surface area contributed by atoms with E-state index in [0.717, 1.165) is 11.1 Å². The van der Waals surface area contributed by atoms with Crippen LogP contribution in [0.3, 0.4) is 0 Å². The van der Waals surface area contributed by atoms with Crippen molar-refractivity contribution in [2.45, 2.75) is 6.54 Å². The summed E-state index contributed by atoms with van der Waals surface area (Å²) in [4.78, 5) is 25.3. The molecule has 5 heteroatoms. The number of hydrogen-bond donors (Lipinski definition) is 3. The Bertz CT molecular complexity index is 733. The molecule has 2 aromatic rings. The van der Waals surface area contributed by atoms with Gasteiger partial charge in [0.05, 0.1) is 12.1 Å². The van der Waals surface area contributed by atoms with Crippen LogP contribution in [0.1, 0.15) is 21.5 Å². The Labute approximate surface area is 122 Å². The Morgan fingerprint density at radius 2 is 2.14 bits per heavy atom. The maximum Gasteiger partial charge on any atom is 0.253 e. The number of amides is 1. The van der Waals surface area contributed by atoms with E-state index in [9.17, 15) is 9.59 Å². The number of benzene rings is 1. The largest absolute Gasteiger partial charge is 0.348 e. The third-order valence-electron chi connectivity index (χ3n) is 2.76. The maximum atomic E-state index is 11.9. The summed E-state index contributed by atoms with van der Waals surface area (Å²) in [6.45, 7) is 0.698. The smallest absolute Gasteiger partial charge is 0.253 e. The lowest BCUT2D eigenvalue weighted by molar-refractivity contribution is 0.0950. The molecule has 0 radical (unpaired) electrons. The van der Waals surface area contributed by atoms with Crippen molar-refractivity contribution in [1.82, 2.24) is 10.3 Å². The van der Waals surface area contributed by atoms with Gasteiger partial charge in [0.2, 0.25) is 5.56 Å². The maximum absolute atomic E-state index is 11.9. The van der Waals surface area contributed by atoms with E-state index in [1.54, 1.807) is 0 Å². The lowest BCUT2D eigenvalue weighted by atomic mass is 10.1. The molecule has 1 heterocycles. The highest BCUT2D eigenvalue weighted by atomic mass is 16.1. The summed E-state index contributed by atoms with van der Waals surface area (Å²) in [5, 5.41) is 2.78. The second-order valence-electron chi connectivity index (χ2n) is 4.33. The average molecular weight is 281 g/mol. The second kappa shape index (κ2) is 7.08. The van der Waals surface area contributed by atoms with Crippen LogP contribution in [0.4, 0.5) is 0 Å². The van der Waals surface area contributed by atoms with E-state index in [1.807, 2.05) is 24.3 Å². The highest BCUT2D eigenvalue weighted by Crippen LogP contribution is 2.04. The lowest BCUT2D eigenvalue weighted by Crippen LogP contribution is -2.23. The van der Waals surface area contributed by atoms with E-state index >= 15 is 0 Å². The third kappa shape index (κ3) is 4.34. The Morgan fingerprint density at radius 1 is 1.29 bits per heavy atom. The van der Waals surface area contributed by atoms with Gasteiger partial charge in [-0.05, 0) is 23.8 Å². The molecule has 0 aliphatic heterocycles. The molecule has 1 amide bonds. The fraction of sp³-hybridized carbons (Fsp3) is 0.125. The molecule has 0 aliphatic rings. The van der Waals surface area contributed by atoms with Gasteiger partial charge in [0.1, 0.15) is 0 Å². The average Bonchev–Trinajstić information content (AvgIpc) is 2.52. The molecule has 0 atom stereocenters. The normalized spacial score (nSPS) is 9.57. The van der Waals surface area contributed by atoms with Gasteiger partial charge in [-0.15, -0.1) is 0 Å². The number of rotatable bonds is 3. The SMILES string of the molecule is NCC#Cc1cccc(CNC(=O)c2ccc(=O)[nH]c2)c1. The Balaban J connectivity index is 2.01. The molecule has 0 bridgehead atoms. The van der Waals surface area contributed by atoms with Crippen molar-refractivity contribution in [2.75, 3.05) is 6.54 Å². The van der Waals surface area contributed by atoms with Gasteiger partial charge in [0, 0.05) is 24.4 Å². The first-order valence-electron chi connectivity index (χ1n) is 6.44. The molecule has 106 valence electrons.